The third-order valence-corrected chi connectivity index (χ3v) is 3.95. The first-order chi connectivity index (χ1) is 7.29. The number of rotatable bonds is 1. The molecule has 2 aliphatic rings. The normalized spacial score (nSPS) is 37.1. The minimum absolute atomic E-state index is 0.358. The summed E-state index contributed by atoms with van der Waals surface area (Å²) in [5.41, 5.74) is 0.533. The highest BCUT2D eigenvalue weighted by atomic mass is 79.9. The maximum absolute atomic E-state index is 9.33. The van der Waals surface area contributed by atoms with Crippen LogP contribution in [0.5, 0.6) is 0 Å². The zero-order valence-electron chi connectivity index (χ0n) is 7.98. The van der Waals surface area contributed by atoms with Crippen molar-refractivity contribution in [1.29, 1.82) is 5.26 Å². The van der Waals surface area contributed by atoms with E-state index >= 15 is 0 Å². The Hall–Kier alpha value is -0.920. The smallest absolute Gasteiger partial charge is 0.110 e. The summed E-state index contributed by atoms with van der Waals surface area (Å²) in [6.45, 7) is 1.41. The van der Waals surface area contributed by atoms with Gasteiger partial charge in [-0.2, -0.15) is 5.26 Å². The van der Waals surface area contributed by atoms with Crippen molar-refractivity contribution in [2.45, 2.75) is 5.41 Å². The summed E-state index contributed by atoms with van der Waals surface area (Å²) >= 11 is 3.35. The maximum Gasteiger partial charge on any atom is 0.110 e. The van der Waals surface area contributed by atoms with Crippen LogP contribution in [0.4, 0.5) is 0 Å². The van der Waals surface area contributed by atoms with Crippen LogP contribution in [0.15, 0.2) is 22.8 Å². The maximum atomic E-state index is 9.33. The second-order valence-corrected chi connectivity index (χ2v) is 5.01. The molecule has 1 aliphatic heterocycles. The van der Waals surface area contributed by atoms with Gasteiger partial charge in [0.1, 0.15) is 5.41 Å². The first kappa shape index (κ1) is 9.32. The molecule has 3 rings (SSSR count). The van der Waals surface area contributed by atoms with Crippen LogP contribution in [-0.4, -0.2) is 18.2 Å². The van der Waals surface area contributed by atoms with Crippen LogP contribution < -0.4 is 0 Å². The zero-order chi connectivity index (χ0) is 10.5. The predicted molar refractivity (Wildman–Crippen MR) is 57.0 cm³/mol. The van der Waals surface area contributed by atoms with Gasteiger partial charge in [0.25, 0.3) is 0 Å². The summed E-state index contributed by atoms with van der Waals surface area (Å²) in [7, 11) is 0. The van der Waals surface area contributed by atoms with Gasteiger partial charge in [-0.3, -0.25) is 4.98 Å². The van der Waals surface area contributed by atoms with E-state index in [1.165, 1.54) is 0 Å². The first-order valence-electron chi connectivity index (χ1n) is 4.90. The molecular formula is C11H9BrN2O. The van der Waals surface area contributed by atoms with Gasteiger partial charge in [0.05, 0.1) is 25.0 Å². The number of hydrogen-bond donors (Lipinski definition) is 0. The number of aromatic nitrogens is 1. The molecule has 3 atom stereocenters. The molecule has 0 amide bonds. The lowest BCUT2D eigenvalue weighted by Gasteiger charge is -2.11. The minimum Gasteiger partial charge on any atom is -0.381 e. The van der Waals surface area contributed by atoms with E-state index in [-0.39, 0.29) is 5.41 Å². The summed E-state index contributed by atoms with van der Waals surface area (Å²) in [4.78, 5) is 4.34. The number of hydrogen-bond acceptors (Lipinski definition) is 3. The fraction of sp³-hybridized carbons (Fsp3) is 0.455. The number of halogens is 1. The van der Waals surface area contributed by atoms with Crippen molar-refractivity contribution in [3.63, 3.8) is 0 Å². The lowest BCUT2D eigenvalue weighted by atomic mass is 9.98. The predicted octanol–water partition coefficient (Wildman–Crippen LogP) is 1.88. The van der Waals surface area contributed by atoms with Gasteiger partial charge in [-0.15, -0.1) is 0 Å². The third kappa shape index (κ3) is 1.11. The minimum atomic E-state index is -0.362. The zero-order valence-corrected chi connectivity index (χ0v) is 9.57. The van der Waals surface area contributed by atoms with Crippen molar-refractivity contribution in [2.24, 2.45) is 11.8 Å². The second kappa shape index (κ2) is 3.03. The second-order valence-electron chi connectivity index (χ2n) is 4.09. The average Bonchev–Trinajstić information content (AvgIpc) is 2.65. The Morgan fingerprint density at radius 2 is 2.20 bits per heavy atom. The summed E-state index contributed by atoms with van der Waals surface area (Å²) in [6.07, 6.45) is 1.75. The van der Waals surface area contributed by atoms with E-state index in [0.717, 1.165) is 10.2 Å². The van der Waals surface area contributed by atoms with Crippen LogP contribution in [0.1, 0.15) is 5.69 Å². The van der Waals surface area contributed by atoms with Gasteiger partial charge in [0.2, 0.25) is 0 Å². The van der Waals surface area contributed by atoms with Crippen LogP contribution in [0.3, 0.4) is 0 Å². The molecule has 76 valence electrons. The van der Waals surface area contributed by atoms with Crippen molar-refractivity contribution in [3.8, 4) is 6.07 Å². The summed E-state index contributed by atoms with van der Waals surface area (Å²) in [6, 6.07) is 6.31. The summed E-state index contributed by atoms with van der Waals surface area (Å²) < 4.78 is 6.27. The van der Waals surface area contributed by atoms with E-state index in [0.29, 0.717) is 25.0 Å². The number of pyridine rings is 1. The van der Waals surface area contributed by atoms with E-state index in [1.54, 1.807) is 6.20 Å². The Labute approximate surface area is 96.2 Å². The van der Waals surface area contributed by atoms with Crippen molar-refractivity contribution in [2.75, 3.05) is 13.2 Å². The van der Waals surface area contributed by atoms with Crippen molar-refractivity contribution in [3.05, 3.63) is 28.5 Å². The number of ether oxygens (including phenoxy) is 1. The van der Waals surface area contributed by atoms with Crippen molar-refractivity contribution < 1.29 is 4.74 Å². The van der Waals surface area contributed by atoms with E-state index < -0.39 is 0 Å². The molecule has 0 aromatic carbocycles. The highest BCUT2D eigenvalue weighted by molar-refractivity contribution is 9.10. The van der Waals surface area contributed by atoms with Gasteiger partial charge in [0, 0.05) is 22.5 Å². The highest BCUT2D eigenvalue weighted by Crippen LogP contribution is 2.62. The quantitative estimate of drug-likeness (QED) is 0.778. The molecule has 1 aromatic rings. The van der Waals surface area contributed by atoms with Gasteiger partial charge in [-0.25, -0.2) is 0 Å². The molecule has 1 saturated carbocycles. The molecule has 15 heavy (non-hydrogen) atoms. The molecular weight excluding hydrogens is 256 g/mol. The Morgan fingerprint density at radius 1 is 1.47 bits per heavy atom. The van der Waals surface area contributed by atoms with E-state index in [1.807, 2.05) is 12.1 Å². The lowest BCUT2D eigenvalue weighted by molar-refractivity contribution is 0.151. The molecule has 1 aromatic heterocycles. The van der Waals surface area contributed by atoms with Crippen molar-refractivity contribution in [1.82, 2.24) is 4.98 Å². The molecule has 3 nitrogen and oxygen atoms in total. The van der Waals surface area contributed by atoms with Gasteiger partial charge in [0.15, 0.2) is 0 Å². The van der Waals surface area contributed by atoms with Gasteiger partial charge in [-0.05, 0) is 28.1 Å². The molecule has 0 unspecified atom stereocenters. The summed E-state index contributed by atoms with van der Waals surface area (Å²) in [5.74, 6) is 0.715. The molecule has 1 saturated heterocycles. The molecule has 2 fully saturated rings. The van der Waals surface area contributed by atoms with Crippen molar-refractivity contribution >= 4 is 15.9 Å². The Bertz CT molecular complexity index is 427. The fourth-order valence-electron chi connectivity index (χ4n) is 2.58. The molecule has 0 N–H and O–H groups in total. The van der Waals surface area contributed by atoms with Gasteiger partial charge < -0.3 is 4.74 Å². The number of fused-ring (bicyclic) bond motifs is 1. The van der Waals surface area contributed by atoms with Crippen LogP contribution in [0.2, 0.25) is 0 Å². The largest absolute Gasteiger partial charge is 0.381 e. The monoisotopic (exact) mass is 264 g/mol. The van der Waals surface area contributed by atoms with E-state index in [2.05, 4.69) is 27.0 Å². The first-order valence-corrected chi connectivity index (χ1v) is 5.69. The Kier molecular flexibility index (Phi) is 1.88. The molecule has 4 heteroatoms. The molecule has 0 radical (unpaired) electrons. The number of nitrogens with zero attached hydrogens (tertiary/aromatic N) is 2. The van der Waals surface area contributed by atoms with E-state index in [9.17, 15) is 5.26 Å². The molecule has 0 spiro atoms. The van der Waals surface area contributed by atoms with E-state index in [4.69, 9.17) is 4.74 Å². The highest BCUT2D eigenvalue weighted by Gasteiger charge is 2.70. The van der Waals surface area contributed by atoms with Gasteiger partial charge >= 0.3 is 0 Å². The lowest BCUT2D eigenvalue weighted by Crippen LogP contribution is -2.17. The average molecular weight is 265 g/mol. The van der Waals surface area contributed by atoms with Crippen LogP contribution in [-0.2, 0) is 10.2 Å². The Balaban J connectivity index is 2.00. The van der Waals surface area contributed by atoms with Crippen LogP contribution >= 0.6 is 15.9 Å². The molecule has 2 heterocycles. The molecule has 1 aliphatic carbocycles. The number of nitriles is 1. The third-order valence-electron chi connectivity index (χ3n) is 3.48. The van der Waals surface area contributed by atoms with Gasteiger partial charge in [-0.1, -0.05) is 0 Å². The standard InChI is InChI=1S/C11H9BrN2O/c12-7-1-2-10(14-3-7)11(6-13)8-4-15-5-9(8)11/h1-3,8-9H,4-5H2/t8-,9+,11-. The van der Waals surface area contributed by atoms with Crippen LogP contribution in [0, 0.1) is 23.2 Å². The SMILES string of the molecule is N#C[C@@]1(c2ccc(Br)cn2)[C@@H]2COC[C@@H]21. The topological polar surface area (TPSA) is 45.9 Å². The Morgan fingerprint density at radius 3 is 2.73 bits per heavy atom. The fourth-order valence-corrected chi connectivity index (χ4v) is 2.81. The summed E-state index contributed by atoms with van der Waals surface area (Å²) in [5, 5.41) is 9.33. The van der Waals surface area contributed by atoms with Crippen LogP contribution in [0.25, 0.3) is 0 Å². The molecule has 0 bridgehead atoms.